The van der Waals surface area contributed by atoms with E-state index in [0.29, 0.717) is 6.54 Å². The number of carbonyl (C=O) groups is 3. The van der Waals surface area contributed by atoms with Crippen molar-refractivity contribution < 1.29 is 24.2 Å². The predicted octanol–water partition coefficient (Wildman–Crippen LogP) is 4.51. The van der Waals surface area contributed by atoms with Gasteiger partial charge in [0.2, 0.25) is 5.91 Å². The molecule has 0 aromatic heterocycles. The van der Waals surface area contributed by atoms with Gasteiger partial charge in [-0.05, 0) is 34.6 Å². The van der Waals surface area contributed by atoms with Crippen LogP contribution in [0.3, 0.4) is 0 Å². The van der Waals surface area contributed by atoms with Gasteiger partial charge in [-0.15, -0.1) is 0 Å². The van der Waals surface area contributed by atoms with Crippen LogP contribution in [0.25, 0.3) is 11.1 Å². The van der Waals surface area contributed by atoms with Gasteiger partial charge in [0.15, 0.2) is 0 Å². The van der Waals surface area contributed by atoms with E-state index in [-0.39, 0.29) is 25.0 Å². The monoisotopic (exact) mass is 466 g/mol. The van der Waals surface area contributed by atoms with Crippen molar-refractivity contribution in [2.75, 3.05) is 19.7 Å². The van der Waals surface area contributed by atoms with Crippen LogP contribution in [-0.4, -0.2) is 53.7 Å². The summed E-state index contributed by atoms with van der Waals surface area (Å²) in [6, 6.07) is 15.3. The molecule has 0 spiro atoms. The highest BCUT2D eigenvalue weighted by Gasteiger charge is 2.37. The highest BCUT2D eigenvalue weighted by molar-refractivity contribution is 5.87. The summed E-state index contributed by atoms with van der Waals surface area (Å²) in [6.07, 6.45) is -0.669. The molecule has 0 bridgehead atoms. The summed E-state index contributed by atoms with van der Waals surface area (Å²) in [5.74, 6) is -2.08. The molecule has 1 unspecified atom stereocenters. The Morgan fingerprint density at radius 3 is 2.03 bits per heavy atom. The Morgan fingerprint density at radius 1 is 1.03 bits per heavy atom. The zero-order valence-electron chi connectivity index (χ0n) is 20.5. The van der Waals surface area contributed by atoms with Gasteiger partial charge in [0.05, 0.1) is 5.92 Å². The Labute approximate surface area is 201 Å². The molecule has 0 fully saturated rings. The van der Waals surface area contributed by atoms with E-state index in [2.05, 4.69) is 17.4 Å². The number of hydrogen-bond acceptors (Lipinski definition) is 4. The van der Waals surface area contributed by atoms with Crippen molar-refractivity contribution in [3.05, 3.63) is 59.7 Å². The zero-order valence-corrected chi connectivity index (χ0v) is 20.5. The third-order valence-corrected chi connectivity index (χ3v) is 6.33. The van der Waals surface area contributed by atoms with Gasteiger partial charge in [-0.2, -0.15) is 0 Å². The molecule has 1 aliphatic carbocycles. The lowest BCUT2D eigenvalue weighted by Crippen LogP contribution is -2.55. The summed E-state index contributed by atoms with van der Waals surface area (Å²) in [7, 11) is 0. The van der Waals surface area contributed by atoms with Crippen LogP contribution in [0.4, 0.5) is 4.79 Å². The van der Waals surface area contributed by atoms with E-state index in [1.807, 2.05) is 57.2 Å². The first-order valence-electron chi connectivity index (χ1n) is 11.7. The number of hydrogen-bond donors (Lipinski definition) is 2. The summed E-state index contributed by atoms with van der Waals surface area (Å²) in [5.41, 5.74) is 3.91. The number of amides is 2. The number of likely N-dealkylation sites (N-methyl/N-ethyl adjacent to an activating group) is 1. The van der Waals surface area contributed by atoms with Crippen LogP contribution in [0.5, 0.6) is 0 Å². The fourth-order valence-corrected chi connectivity index (χ4v) is 4.37. The molecule has 0 heterocycles. The summed E-state index contributed by atoms with van der Waals surface area (Å²) >= 11 is 0. The van der Waals surface area contributed by atoms with Crippen LogP contribution < -0.4 is 5.32 Å². The third-order valence-electron chi connectivity index (χ3n) is 6.33. The minimum absolute atomic E-state index is 0.0730. The Hall–Kier alpha value is -3.35. The molecule has 0 radical (unpaired) electrons. The van der Waals surface area contributed by atoms with Gasteiger partial charge in [-0.1, -0.05) is 76.2 Å². The van der Waals surface area contributed by atoms with E-state index in [0.717, 1.165) is 22.3 Å². The van der Waals surface area contributed by atoms with Crippen molar-refractivity contribution in [1.82, 2.24) is 10.2 Å². The SMILES string of the molecule is CCN(CC(C)C(=O)O)C(=O)[C@H](NC(=O)OCC1c2ccccc2-c2ccccc21)C(C)(C)C. The molecule has 2 N–H and O–H groups in total. The van der Waals surface area contributed by atoms with Gasteiger partial charge in [-0.3, -0.25) is 9.59 Å². The number of nitrogens with zero attached hydrogens (tertiary/aromatic N) is 1. The van der Waals surface area contributed by atoms with Crippen molar-refractivity contribution in [3.8, 4) is 11.1 Å². The van der Waals surface area contributed by atoms with Crippen LogP contribution in [0.1, 0.15) is 51.7 Å². The van der Waals surface area contributed by atoms with Gasteiger partial charge in [0.25, 0.3) is 0 Å². The lowest BCUT2D eigenvalue weighted by atomic mass is 9.85. The average molecular weight is 467 g/mol. The zero-order chi connectivity index (χ0) is 25.0. The van der Waals surface area contributed by atoms with E-state index in [4.69, 9.17) is 4.74 Å². The largest absolute Gasteiger partial charge is 0.481 e. The van der Waals surface area contributed by atoms with Crippen LogP contribution >= 0.6 is 0 Å². The molecule has 3 rings (SSSR count). The Morgan fingerprint density at radius 2 is 1.56 bits per heavy atom. The molecule has 2 atom stereocenters. The molecule has 7 heteroatoms. The van der Waals surface area contributed by atoms with Crippen molar-refractivity contribution in [3.63, 3.8) is 0 Å². The summed E-state index contributed by atoms with van der Waals surface area (Å²) in [6.45, 7) is 9.48. The fourth-order valence-electron chi connectivity index (χ4n) is 4.37. The minimum atomic E-state index is -0.969. The second kappa shape index (κ2) is 10.3. The molecule has 0 aliphatic heterocycles. The van der Waals surface area contributed by atoms with E-state index < -0.39 is 29.4 Å². The van der Waals surface area contributed by atoms with Gasteiger partial charge < -0.3 is 20.1 Å². The average Bonchev–Trinajstić information content (AvgIpc) is 3.12. The van der Waals surface area contributed by atoms with Crippen molar-refractivity contribution >= 4 is 18.0 Å². The maximum Gasteiger partial charge on any atom is 0.407 e. The Kier molecular flexibility index (Phi) is 7.64. The molecule has 2 aromatic rings. The van der Waals surface area contributed by atoms with E-state index >= 15 is 0 Å². The lowest BCUT2D eigenvalue weighted by molar-refractivity contribution is -0.144. The fraction of sp³-hybridized carbons (Fsp3) is 0.444. The number of rotatable bonds is 8. The van der Waals surface area contributed by atoms with Crippen molar-refractivity contribution in [2.24, 2.45) is 11.3 Å². The number of carbonyl (C=O) groups excluding carboxylic acids is 2. The first-order valence-corrected chi connectivity index (χ1v) is 11.7. The highest BCUT2D eigenvalue weighted by atomic mass is 16.5. The van der Waals surface area contributed by atoms with Crippen molar-refractivity contribution in [1.29, 1.82) is 0 Å². The molecule has 7 nitrogen and oxygen atoms in total. The molecule has 2 amide bonds. The van der Waals surface area contributed by atoms with Crippen molar-refractivity contribution in [2.45, 2.75) is 46.6 Å². The molecular formula is C27H34N2O5. The standard InChI is InChI=1S/C27H34N2O5/c1-6-29(15-17(2)25(31)32)24(30)23(27(3,4)5)28-26(33)34-16-22-20-13-9-7-11-18(20)19-12-8-10-14-21(19)22/h7-14,17,22-23H,6,15-16H2,1-5H3,(H,28,33)(H,31,32)/t17?,23-/m0/s1. The molecule has 2 aromatic carbocycles. The second-order valence-corrected chi connectivity index (χ2v) is 9.89. The topological polar surface area (TPSA) is 95.9 Å². The maximum absolute atomic E-state index is 13.3. The smallest absolute Gasteiger partial charge is 0.407 e. The third kappa shape index (κ3) is 5.41. The van der Waals surface area contributed by atoms with Gasteiger partial charge in [-0.25, -0.2) is 4.79 Å². The molecule has 1 aliphatic rings. The Balaban J connectivity index is 1.71. The lowest BCUT2D eigenvalue weighted by Gasteiger charge is -2.35. The molecule has 0 saturated heterocycles. The second-order valence-electron chi connectivity index (χ2n) is 9.89. The highest BCUT2D eigenvalue weighted by Crippen LogP contribution is 2.44. The number of fused-ring (bicyclic) bond motifs is 3. The van der Waals surface area contributed by atoms with Crippen LogP contribution in [0.15, 0.2) is 48.5 Å². The number of carboxylic acids is 1. The molecule has 0 saturated carbocycles. The number of ether oxygens (including phenoxy) is 1. The first kappa shape index (κ1) is 25.3. The minimum Gasteiger partial charge on any atom is -0.481 e. The molecule has 182 valence electrons. The number of nitrogens with one attached hydrogen (secondary N) is 1. The van der Waals surface area contributed by atoms with Gasteiger partial charge >= 0.3 is 12.1 Å². The number of alkyl carbamates (subject to hydrolysis) is 1. The predicted molar refractivity (Wildman–Crippen MR) is 131 cm³/mol. The van der Waals surface area contributed by atoms with E-state index in [9.17, 15) is 19.5 Å². The summed E-state index contributed by atoms with van der Waals surface area (Å²) in [4.78, 5) is 38.8. The van der Waals surface area contributed by atoms with Crippen LogP contribution in [0, 0.1) is 11.3 Å². The van der Waals surface area contributed by atoms with Crippen LogP contribution in [0.2, 0.25) is 0 Å². The van der Waals surface area contributed by atoms with E-state index in [1.54, 1.807) is 13.8 Å². The molecule has 34 heavy (non-hydrogen) atoms. The van der Waals surface area contributed by atoms with Gasteiger partial charge in [0.1, 0.15) is 12.6 Å². The summed E-state index contributed by atoms with van der Waals surface area (Å²) in [5, 5.41) is 12.0. The Bertz CT molecular complexity index is 1010. The maximum atomic E-state index is 13.3. The normalized spacial score (nSPS) is 14.5. The quantitative estimate of drug-likeness (QED) is 0.597. The van der Waals surface area contributed by atoms with E-state index in [1.165, 1.54) is 4.90 Å². The number of aliphatic carboxylic acids is 1. The summed E-state index contributed by atoms with van der Waals surface area (Å²) < 4.78 is 5.63. The molecular weight excluding hydrogens is 432 g/mol. The number of carboxylic acid groups (broad SMARTS) is 1. The van der Waals surface area contributed by atoms with Gasteiger partial charge in [0, 0.05) is 19.0 Å². The first-order chi connectivity index (χ1) is 16.0. The van der Waals surface area contributed by atoms with Crippen LogP contribution in [-0.2, 0) is 14.3 Å². The number of benzene rings is 2.